The van der Waals surface area contributed by atoms with Crippen LogP contribution in [0.1, 0.15) is 62.5 Å². The number of nitrogens with zero attached hydrogens (tertiary/aromatic N) is 3. The number of ketones is 1. The van der Waals surface area contributed by atoms with Crippen molar-refractivity contribution in [1.29, 1.82) is 0 Å². The Bertz CT molecular complexity index is 1160. The lowest BCUT2D eigenvalue weighted by atomic mass is 9.67. The van der Waals surface area contributed by atoms with Crippen molar-refractivity contribution in [2.45, 2.75) is 51.9 Å². The quantitative estimate of drug-likeness (QED) is 0.629. The van der Waals surface area contributed by atoms with Gasteiger partial charge in [0.15, 0.2) is 11.6 Å². The molecule has 2 heterocycles. The van der Waals surface area contributed by atoms with E-state index in [1.807, 2.05) is 20.6 Å². The van der Waals surface area contributed by atoms with E-state index in [2.05, 4.69) is 15.3 Å². The van der Waals surface area contributed by atoms with Gasteiger partial charge in [-0.2, -0.15) is 0 Å². The van der Waals surface area contributed by atoms with E-state index in [0.29, 0.717) is 31.4 Å². The summed E-state index contributed by atoms with van der Waals surface area (Å²) in [5.41, 5.74) is 1.02. The monoisotopic (exact) mass is 506 g/mol. The molecule has 9 nitrogen and oxygen atoms in total. The van der Waals surface area contributed by atoms with Crippen LogP contribution < -0.4 is 9.62 Å². The van der Waals surface area contributed by atoms with E-state index in [0.717, 1.165) is 11.8 Å². The van der Waals surface area contributed by atoms with E-state index in [4.69, 9.17) is 4.79 Å². The average Bonchev–Trinajstić information content (AvgIpc) is 3.16. The molecule has 190 valence electrons. The van der Waals surface area contributed by atoms with Crippen molar-refractivity contribution in [3.05, 3.63) is 47.7 Å². The summed E-state index contributed by atoms with van der Waals surface area (Å²) in [6.07, 6.45) is 6.17. The minimum absolute atomic E-state index is 0.183. The third-order valence-electron chi connectivity index (χ3n) is 6.22. The van der Waals surface area contributed by atoms with Crippen molar-refractivity contribution in [2.75, 3.05) is 22.4 Å². The molecule has 1 aromatic heterocycles. The van der Waals surface area contributed by atoms with Gasteiger partial charge in [0, 0.05) is 24.8 Å². The van der Waals surface area contributed by atoms with Gasteiger partial charge in [-0.1, -0.05) is 19.9 Å². The average molecular weight is 507 g/mol. The summed E-state index contributed by atoms with van der Waals surface area (Å²) >= 11 is 0. The lowest BCUT2D eigenvalue weighted by Crippen LogP contribution is -2.40. The van der Waals surface area contributed by atoms with Crippen molar-refractivity contribution >= 4 is 40.0 Å². The Morgan fingerprint density at radius 3 is 2.29 bits per heavy atom. The highest BCUT2D eigenvalue weighted by molar-refractivity contribution is 7.92. The molecule has 1 aliphatic heterocycles. The molecule has 1 fully saturated rings. The number of hydrogen-bond acceptors (Lipinski definition) is 7. The summed E-state index contributed by atoms with van der Waals surface area (Å²) in [5.74, 6) is -0.842. The second-order valence-corrected chi connectivity index (χ2v) is 10.2. The SMILES string of the molecule is C=O.CC.CC(=O)c1cnc(NC(=O)C2CCC3(CC2)CN(S(C)(=O)=O)c2cc(F)ccc23)cn1. The first kappa shape index (κ1) is 28.0. The van der Waals surface area contributed by atoms with Gasteiger partial charge in [-0.05, 0) is 43.4 Å². The molecule has 0 radical (unpaired) electrons. The number of anilines is 2. The number of benzene rings is 1. The van der Waals surface area contributed by atoms with Crippen molar-refractivity contribution in [1.82, 2.24) is 9.97 Å². The first-order valence-corrected chi connectivity index (χ1v) is 13.1. The van der Waals surface area contributed by atoms with E-state index >= 15 is 0 Å². The van der Waals surface area contributed by atoms with Crippen LogP contribution in [-0.2, 0) is 25.0 Å². The highest BCUT2D eigenvalue weighted by atomic mass is 32.2. The number of carbonyl (C=O) groups is 3. The molecule has 35 heavy (non-hydrogen) atoms. The number of halogens is 1. The van der Waals surface area contributed by atoms with Crippen LogP contribution in [0, 0.1) is 11.7 Å². The van der Waals surface area contributed by atoms with Crippen LogP contribution in [0.3, 0.4) is 0 Å². The summed E-state index contributed by atoms with van der Waals surface area (Å²) in [6.45, 7) is 7.65. The Labute approximate surface area is 205 Å². The van der Waals surface area contributed by atoms with Gasteiger partial charge in [0.25, 0.3) is 0 Å². The van der Waals surface area contributed by atoms with E-state index in [1.54, 1.807) is 6.07 Å². The first-order valence-electron chi connectivity index (χ1n) is 11.3. The third-order valence-corrected chi connectivity index (χ3v) is 7.35. The van der Waals surface area contributed by atoms with Gasteiger partial charge in [-0.25, -0.2) is 22.8 Å². The Hall–Kier alpha value is -3.21. The van der Waals surface area contributed by atoms with E-state index in [-0.39, 0.29) is 35.7 Å². The summed E-state index contributed by atoms with van der Waals surface area (Å²) in [7, 11) is -3.54. The highest BCUT2D eigenvalue weighted by Gasteiger charge is 2.48. The van der Waals surface area contributed by atoms with Crippen molar-refractivity contribution < 1.29 is 27.2 Å². The number of nitrogens with one attached hydrogen (secondary N) is 1. The number of sulfonamides is 1. The van der Waals surface area contributed by atoms with Crippen LogP contribution in [0.4, 0.5) is 15.9 Å². The molecule has 4 rings (SSSR count). The number of rotatable bonds is 4. The zero-order chi connectivity index (χ0) is 26.4. The van der Waals surface area contributed by atoms with Gasteiger partial charge in [-0.15, -0.1) is 0 Å². The van der Waals surface area contributed by atoms with Crippen LogP contribution in [-0.4, -0.2) is 49.7 Å². The number of carbonyl (C=O) groups excluding carboxylic acids is 3. The minimum Gasteiger partial charge on any atom is -0.309 e. The molecule has 1 saturated carbocycles. The van der Waals surface area contributed by atoms with Gasteiger partial charge in [0.1, 0.15) is 18.3 Å². The van der Waals surface area contributed by atoms with Crippen molar-refractivity contribution in [3.63, 3.8) is 0 Å². The number of fused-ring (bicyclic) bond motifs is 2. The molecular weight excluding hydrogens is 475 g/mol. The topological polar surface area (TPSA) is 126 Å². The molecule has 1 aromatic carbocycles. The molecule has 0 bridgehead atoms. The largest absolute Gasteiger partial charge is 0.309 e. The predicted octanol–water partition coefficient (Wildman–Crippen LogP) is 3.51. The molecule has 1 amide bonds. The van der Waals surface area contributed by atoms with Crippen LogP contribution in [0.25, 0.3) is 0 Å². The fraction of sp³-hybridized carbons (Fsp3) is 0.458. The fourth-order valence-electron chi connectivity index (χ4n) is 4.56. The normalized spacial score (nSPS) is 20.6. The fourth-order valence-corrected chi connectivity index (χ4v) is 5.55. The smallest absolute Gasteiger partial charge is 0.232 e. The molecular formula is C24H31FN4O5S. The molecule has 1 spiro atoms. The molecule has 0 saturated heterocycles. The number of hydrogen-bond donors (Lipinski definition) is 1. The molecule has 0 unspecified atom stereocenters. The zero-order valence-electron chi connectivity index (χ0n) is 20.4. The lowest BCUT2D eigenvalue weighted by molar-refractivity contribution is -0.121. The van der Waals surface area contributed by atoms with Gasteiger partial charge in [-0.3, -0.25) is 13.9 Å². The van der Waals surface area contributed by atoms with Crippen LogP contribution in [0.5, 0.6) is 0 Å². The number of aromatic nitrogens is 2. The zero-order valence-corrected chi connectivity index (χ0v) is 21.2. The van der Waals surface area contributed by atoms with Gasteiger partial charge in [0.2, 0.25) is 15.9 Å². The number of Topliss-reactive ketones (excluding diaryl/α,β-unsaturated/α-hetero) is 1. The van der Waals surface area contributed by atoms with Crippen LogP contribution in [0.15, 0.2) is 30.6 Å². The first-order chi connectivity index (χ1) is 16.6. The Balaban J connectivity index is 0.00000103. The van der Waals surface area contributed by atoms with Gasteiger partial charge in [0.05, 0.1) is 24.3 Å². The maximum absolute atomic E-state index is 13.8. The summed E-state index contributed by atoms with van der Waals surface area (Å²) < 4.78 is 39.7. The highest BCUT2D eigenvalue weighted by Crippen LogP contribution is 2.51. The molecule has 0 atom stereocenters. The minimum atomic E-state index is -3.54. The maximum atomic E-state index is 13.8. The molecule has 2 aliphatic rings. The van der Waals surface area contributed by atoms with E-state index in [1.165, 1.54) is 35.8 Å². The second kappa shape index (κ2) is 11.5. The second-order valence-electron chi connectivity index (χ2n) is 8.32. The molecule has 1 aliphatic carbocycles. The summed E-state index contributed by atoms with van der Waals surface area (Å²) in [5, 5.41) is 2.74. The van der Waals surface area contributed by atoms with Crippen molar-refractivity contribution in [3.8, 4) is 0 Å². The Kier molecular flexibility index (Phi) is 9.19. The van der Waals surface area contributed by atoms with E-state index in [9.17, 15) is 22.4 Å². The molecule has 2 aromatic rings. The van der Waals surface area contributed by atoms with Crippen LogP contribution in [0.2, 0.25) is 0 Å². The number of amides is 1. The van der Waals surface area contributed by atoms with Crippen molar-refractivity contribution in [2.24, 2.45) is 5.92 Å². The maximum Gasteiger partial charge on any atom is 0.232 e. The van der Waals surface area contributed by atoms with Gasteiger partial charge >= 0.3 is 0 Å². The van der Waals surface area contributed by atoms with Gasteiger partial charge < -0.3 is 10.1 Å². The van der Waals surface area contributed by atoms with E-state index < -0.39 is 21.3 Å². The summed E-state index contributed by atoms with van der Waals surface area (Å²) in [4.78, 5) is 40.0. The Morgan fingerprint density at radius 2 is 1.77 bits per heavy atom. The predicted molar refractivity (Wildman–Crippen MR) is 131 cm³/mol. The Morgan fingerprint density at radius 1 is 1.14 bits per heavy atom. The summed E-state index contributed by atoms with van der Waals surface area (Å²) in [6, 6.07) is 4.30. The van der Waals surface area contributed by atoms with Crippen LogP contribution >= 0.6 is 0 Å². The molecule has 11 heteroatoms. The lowest BCUT2D eigenvalue weighted by Gasteiger charge is -2.37. The standard InChI is InChI=1S/C21H23FN4O4S.C2H6.CH2O/c1-13(27)17-10-24-19(11-23-17)25-20(28)14-5-7-21(8-6-14)12-26(31(2,29)30)18-9-15(22)3-4-16(18)21;2*1-2/h3-4,9-11,14H,5-8,12H2,1-2H3,(H,24,25,28);1-2H3;1H2. The third kappa shape index (κ3) is 6.08. The molecule has 1 N–H and O–H groups in total.